The van der Waals surface area contributed by atoms with Crippen molar-refractivity contribution in [3.05, 3.63) is 30.1 Å². The predicted molar refractivity (Wildman–Crippen MR) is 71.5 cm³/mol. The highest BCUT2D eigenvalue weighted by Gasteiger charge is 2.38. The van der Waals surface area contributed by atoms with Crippen molar-refractivity contribution in [2.24, 2.45) is 5.41 Å². The van der Waals surface area contributed by atoms with Gasteiger partial charge >= 0.3 is 0 Å². The first-order valence-corrected chi connectivity index (χ1v) is 6.43. The zero-order valence-electron chi connectivity index (χ0n) is 10.6. The summed E-state index contributed by atoms with van der Waals surface area (Å²) in [6.45, 7) is 2.67. The average molecular weight is 256 g/mol. The van der Waals surface area contributed by atoms with E-state index in [1.54, 1.807) is 6.33 Å². The Bertz CT molecular complexity index is 609. The van der Waals surface area contributed by atoms with Crippen LogP contribution in [-0.2, 0) is 11.2 Å². The van der Waals surface area contributed by atoms with Crippen LogP contribution in [-0.4, -0.2) is 36.3 Å². The molecule has 0 unspecified atom stereocenters. The molecule has 1 saturated heterocycles. The van der Waals surface area contributed by atoms with E-state index in [-0.39, 0.29) is 5.41 Å². The fraction of sp³-hybridized carbons (Fsp3) is 0.429. The van der Waals surface area contributed by atoms with E-state index in [1.807, 2.05) is 6.07 Å². The molecule has 0 aliphatic carbocycles. The predicted octanol–water partition coefficient (Wildman–Crippen LogP) is 1.24. The van der Waals surface area contributed by atoms with Gasteiger partial charge in [-0.2, -0.15) is 5.26 Å². The number of fused-ring (bicyclic) bond motifs is 1. The lowest BCUT2D eigenvalue weighted by Crippen LogP contribution is -2.48. The zero-order valence-corrected chi connectivity index (χ0v) is 10.6. The Kier molecular flexibility index (Phi) is 3.20. The Morgan fingerprint density at radius 3 is 3.11 bits per heavy atom. The highest BCUT2D eigenvalue weighted by molar-refractivity contribution is 5.75. The van der Waals surface area contributed by atoms with Crippen LogP contribution >= 0.6 is 0 Å². The molecule has 2 aromatic rings. The van der Waals surface area contributed by atoms with E-state index in [2.05, 4.69) is 33.5 Å². The summed E-state index contributed by atoms with van der Waals surface area (Å²) in [5.74, 6) is 0. The summed E-state index contributed by atoms with van der Waals surface area (Å²) in [5.41, 5.74) is 3.03. The van der Waals surface area contributed by atoms with Gasteiger partial charge in [0.2, 0.25) is 0 Å². The lowest BCUT2D eigenvalue weighted by molar-refractivity contribution is -0.0752. The maximum absolute atomic E-state index is 9.07. The summed E-state index contributed by atoms with van der Waals surface area (Å²) in [7, 11) is 0. The standard InChI is InChI=1S/C14H16N4O/c15-6-14(8-19-9-14)7-16-4-3-11-1-2-12-13(5-11)18-10-17-12/h1-2,5,10,16H,3-4,7-9H2,(H,17,18). The number of ether oxygens (including phenoxy) is 1. The van der Waals surface area contributed by atoms with Crippen LogP contribution in [0.15, 0.2) is 24.5 Å². The van der Waals surface area contributed by atoms with Crippen molar-refractivity contribution in [2.75, 3.05) is 26.3 Å². The molecule has 1 aromatic carbocycles. The minimum atomic E-state index is -0.298. The lowest BCUT2D eigenvalue weighted by Gasteiger charge is -2.35. The number of hydrogen-bond acceptors (Lipinski definition) is 4. The first-order chi connectivity index (χ1) is 9.31. The van der Waals surface area contributed by atoms with E-state index in [4.69, 9.17) is 10.00 Å². The lowest BCUT2D eigenvalue weighted by atomic mass is 9.88. The number of hydrogen-bond donors (Lipinski definition) is 2. The number of H-pyrrole nitrogens is 1. The molecule has 0 spiro atoms. The number of rotatable bonds is 5. The van der Waals surface area contributed by atoms with E-state index in [9.17, 15) is 0 Å². The molecule has 3 rings (SSSR count). The molecule has 1 aliphatic rings. The number of nitrogens with one attached hydrogen (secondary N) is 2. The molecule has 0 amide bonds. The number of aromatic amines is 1. The highest BCUT2D eigenvalue weighted by Crippen LogP contribution is 2.25. The summed E-state index contributed by atoms with van der Waals surface area (Å²) < 4.78 is 5.11. The van der Waals surface area contributed by atoms with Gasteiger partial charge in [-0.1, -0.05) is 6.07 Å². The second-order valence-electron chi connectivity index (χ2n) is 5.07. The molecular formula is C14H16N4O. The molecule has 0 atom stereocenters. The Hall–Kier alpha value is -1.90. The maximum atomic E-state index is 9.07. The Balaban J connectivity index is 1.51. The topological polar surface area (TPSA) is 73.7 Å². The van der Waals surface area contributed by atoms with Gasteiger partial charge in [-0.25, -0.2) is 4.98 Å². The van der Waals surface area contributed by atoms with Crippen molar-refractivity contribution < 1.29 is 4.74 Å². The van der Waals surface area contributed by atoms with Gasteiger partial charge in [0.1, 0.15) is 5.41 Å². The number of aromatic nitrogens is 2. The van der Waals surface area contributed by atoms with Crippen LogP contribution in [0.3, 0.4) is 0 Å². The summed E-state index contributed by atoms with van der Waals surface area (Å²) in [4.78, 5) is 7.31. The van der Waals surface area contributed by atoms with Crippen LogP contribution in [0.25, 0.3) is 11.0 Å². The Labute approximate surface area is 111 Å². The summed E-state index contributed by atoms with van der Waals surface area (Å²) in [6.07, 6.45) is 2.65. The fourth-order valence-electron chi connectivity index (χ4n) is 2.25. The highest BCUT2D eigenvalue weighted by atomic mass is 16.5. The van der Waals surface area contributed by atoms with Gasteiger partial charge in [-0.3, -0.25) is 0 Å². The van der Waals surface area contributed by atoms with E-state index in [1.165, 1.54) is 5.56 Å². The quantitative estimate of drug-likeness (QED) is 0.789. The van der Waals surface area contributed by atoms with Crippen LogP contribution in [0.4, 0.5) is 0 Å². The molecule has 1 fully saturated rings. The minimum Gasteiger partial charge on any atom is -0.378 e. The molecule has 0 bridgehead atoms. The second kappa shape index (κ2) is 5.00. The summed E-state index contributed by atoms with van der Waals surface area (Å²) in [6, 6.07) is 8.58. The fourth-order valence-corrected chi connectivity index (χ4v) is 2.25. The molecule has 98 valence electrons. The van der Waals surface area contributed by atoms with Gasteiger partial charge in [-0.15, -0.1) is 0 Å². The average Bonchev–Trinajstić information content (AvgIpc) is 2.84. The van der Waals surface area contributed by atoms with Crippen LogP contribution in [0.1, 0.15) is 5.56 Å². The first kappa shape index (κ1) is 12.2. The SMILES string of the molecule is N#CC1(CNCCc2ccc3nc[nH]c3c2)COC1. The van der Waals surface area contributed by atoms with Crippen LogP contribution in [0.5, 0.6) is 0 Å². The smallest absolute Gasteiger partial charge is 0.116 e. The molecular weight excluding hydrogens is 240 g/mol. The number of nitriles is 1. The van der Waals surface area contributed by atoms with Gasteiger partial charge in [0.15, 0.2) is 0 Å². The van der Waals surface area contributed by atoms with E-state index >= 15 is 0 Å². The Morgan fingerprint density at radius 2 is 2.37 bits per heavy atom. The van der Waals surface area contributed by atoms with Gasteiger partial charge in [0, 0.05) is 6.54 Å². The van der Waals surface area contributed by atoms with Crippen molar-refractivity contribution in [1.29, 1.82) is 5.26 Å². The van der Waals surface area contributed by atoms with E-state index in [0.29, 0.717) is 19.8 Å². The monoisotopic (exact) mass is 256 g/mol. The van der Waals surface area contributed by atoms with Crippen molar-refractivity contribution in [2.45, 2.75) is 6.42 Å². The molecule has 5 nitrogen and oxygen atoms in total. The molecule has 2 heterocycles. The molecule has 0 radical (unpaired) electrons. The van der Waals surface area contributed by atoms with Crippen LogP contribution in [0, 0.1) is 16.7 Å². The van der Waals surface area contributed by atoms with Crippen molar-refractivity contribution in [3.8, 4) is 6.07 Å². The molecule has 2 N–H and O–H groups in total. The van der Waals surface area contributed by atoms with Crippen LogP contribution in [0.2, 0.25) is 0 Å². The molecule has 0 saturated carbocycles. The third-order valence-corrected chi connectivity index (χ3v) is 3.53. The third kappa shape index (κ3) is 2.46. The molecule has 1 aromatic heterocycles. The second-order valence-corrected chi connectivity index (χ2v) is 5.07. The van der Waals surface area contributed by atoms with Crippen molar-refractivity contribution >= 4 is 11.0 Å². The third-order valence-electron chi connectivity index (χ3n) is 3.53. The molecule has 1 aliphatic heterocycles. The Morgan fingerprint density at radius 1 is 1.47 bits per heavy atom. The van der Waals surface area contributed by atoms with Gasteiger partial charge in [-0.05, 0) is 30.7 Å². The first-order valence-electron chi connectivity index (χ1n) is 6.43. The largest absolute Gasteiger partial charge is 0.378 e. The normalized spacial score (nSPS) is 17.0. The van der Waals surface area contributed by atoms with Crippen molar-refractivity contribution in [1.82, 2.24) is 15.3 Å². The minimum absolute atomic E-state index is 0.298. The summed E-state index contributed by atoms with van der Waals surface area (Å²) in [5, 5.41) is 12.4. The zero-order chi connectivity index (χ0) is 13.1. The van der Waals surface area contributed by atoms with E-state index < -0.39 is 0 Å². The van der Waals surface area contributed by atoms with Crippen molar-refractivity contribution in [3.63, 3.8) is 0 Å². The van der Waals surface area contributed by atoms with E-state index in [0.717, 1.165) is 24.0 Å². The van der Waals surface area contributed by atoms with Crippen LogP contribution < -0.4 is 5.32 Å². The number of imidazole rings is 1. The summed E-state index contributed by atoms with van der Waals surface area (Å²) >= 11 is 0. The molecule has 5 heteroatoms. The van der Waals surface area contributed by atoms with Gasteiger partial charge in [0.25, 0.3) is 0 Å². The van der Waals surface area contributed by atoms with Gasteiger partial charge < -0.3 is 15.0 Å². The maximum Gasteiger partial charge on any atom is 0.116 e. The number of benzene rings is 1. The molecule has 19 heavy (non-hydrogen) atoms. The number of nitrogens with zero attached hydrogens (tertiary/aromatic N) is 2. The van der Waals surface area contributed by atoms with Gasteiger partial charge in [0.05, 0.1) is 36.6 Å².